The fourth-order valence-corrected chi connectivity index (χ4v) is 3.88. The smallest absolute Gasteiger partial charge is 0.214 e. The molecule has 0 bridgehead atoms. The third kappa shape index (κ3) is 4.56. The molecule has 0 spiro atoms. The lowest BCUT2D eigenvalue weighted by atomic mass is 10.2. The lowest BCUT2D eigenvalue weighted by Gasteiger charge is -2.19. The third-order valence-corrected chi connectivity index (χ3v) is 5.50. The van der Waals surface area contributed by atoms with E-state index in [4.69, 9.17) is 0 Å². The van der Waals surface area contributed by atoms with Crippen LogP contribution in [0.2, 0.25) is 0 Å². The highest BCUT2D eigenvalue weighted by Crippen LogP contribution is 2.18. The molecule has 1 aliphatic carbocycles. The van der Waals surface area contributed by atoms with Crippen LogP contribution in [0.4, 0.5) is 0 Å². The van der Waals surface area contributed by atoms with Gasteiger partial charge in [0.2, 0.25) is 10.0 Å². The topological polar surface area (TPSA) is 49.4 Å². The summed E-state index contributed by atoms with van der Waals surface area (Å²) in [4.78, 5) is 0. The Bertz CT molecular complexity index is 317. The van der Waals surface area contributed by atoms with Crippen LogP contribution in [0.15, 0.2) is 0 Å². The number of hydrogen-bond acceptors (Lipinski definition) is 3. The van der Waals surface area contributed by atoms with Gasteiger partial charge in [0.15, 0.2) is 0 Å². The zero-order valence-corrected chi connectivity index (χ0v) is 11.3. The van der Waals surface area contributed by atoms with Crippen LogP contribution in [0, 0.1) is 0 Å². The van der Waals surface area contributed by atoms with E-state index in [0.29, 0.717) is 11.8 Å². The van der Waals surface area contributed by atoms with Crippen molar-refractivity contribution in [3.63, 3.8) is 0 Å². The van der Waals surface area contributed by atoms with Gasteiger partial charge in [0.1, 0.15) is 0 Å². The predicted octanol–water partition coefficient (Wildman–Crippen LogP) is 1.33. The average Bonchev–Trinajstić information content (AvgIpc) is 3.11. The molecule has 1 saturated heterocycles. The first-order valence-corrected chi connectivity index (χ1v) is 8.50. The number of sulfonamides is 1. The Morgan fingerprint density at radius 3 is 2.29 bits per heavy atom. The van der Waals surface area contributed by atoms with Crippen LogP contribution in [0.1, 0.15) is 44.9 Å². The molecule has 0 radical (unpaired) electrons. The zero-order chi connectivity index (χ0) is 12.1. The molecular weight excluding hydrogens is 236 g/mol. The minimum absolute atomic E-state index is 0.312. The average molecular weight is 260 g/mol. The summed E-state index contributed by atoms with van der Waals surface area (Å²) in [7, 11) is -2.99. The molecule has 0 unspecified atom stereocenters. The third-order valence-electron chi connectivity index (χ3n) is 3.55. The van der Waals surface area contributed by atoms with E-state index in [-0.39, 0.29) is 0 Å². The highest BCUT2D eigenvalue weighted by atomic mass is 32.2. The van der Waals surface area contributed by atoms with E-state index in [1.165, 1.54) is 25.7 Å². The summed E-state index contributed by atoms with van der Waals surface area (Å²) < 4.78 is 25.9. The molecule has 4 nitrogen and oxygen atoms in total. The first-order chi connectivity index (χ1) is 8.18. The van der Waals surface area contributed by atoms with Gasteiger partial charge in [-0.05, 0) is 38.6 Å². The van der Waals surface area contributed by atoms with Crippen molar-refractivity contribution in [1.29, 1.82) is 0 Å². The van der Waals surface area contributed by atoms with Gasteiger partial charge >= 0.3 is 0 Å². The molecule has 0 aromatic rings. The highest BCUT2D eigenvalue weighted by molar-refractivity contribution is 7.89. The van der Waals surface area contributed by atoms with Gasteiger partial charge in [0.25, 0.3) is 0 Å². The van der Waals surface area contributed by atoms with Gasteiger partial charge in [-0.15, -0.1) is 0 Å². The highest BCUT2D eigenvalue weighted by Gasteiger charge is 2.23. The lowest BCUT2D eigenvalue weighted by Crippen LogP contribution is -2.34. The quantitative estimate of drug-likeness (QED) is 0.733. The fourth-order valence-electron chi connectivity index (χ4n) is 2.30. The minimum Gasteiger partial charge on any atom is -0.314 e. The maximum absolute atomic E-state index is 12.1. The van der Waals surface area contributed by atoms with Crippen molar-refractivity contribution in [3.05, 3.63) is 0 Å². The van der Waals surface area contributed by atoms with Gasteiger partial charge in [-0.3, -0.25) is 0 Å². The molecule has 2 rings (SSSR count). The second-order valence-electron chi connectivity index (χ2n) is 5.21. The molecule has 0 aromatic heterocycles. The molecular formula is C12H24N2O2S. The largest absolute Gasteiger partial charge is 0.314 e. The van der Waals surface area contributed by atoms with Crippen molar-refractivity contribution < 1.29 is 8.42 Å². The van der Waals surface area contributed by atoms with E-state index in [1.54, 1.807) is 4.31 Å². The summed E-state index contributed by atoms with van der Waals surface area (Å²) in [6, 6.07) is 0.677. The van der Waals surface area contributed by atoms with E-state index < -0.39 is 10.0 Å². The van der Waals surface area contributed by atoms with E-state index in [1.807, 2.05) is 0 Å². The molecule has 1 saturated carbocycles. The van der Waals surface area contributed by atoms with Crippen LogP contribution in [0.5, 0.6) is 0 Å². The van der Waals surface area contributed by atoms with Crippen LogP contribution in [0.25, 0.3) is 0 Å². The molecule has 17 heavy (non-hydrogen) atoms. The van der Waals surface area contributed by atoms with Gasteiger partial charge < -0.3 is 5.32 Å². The Morgan fingerprint density at radius 2 is 1.71 bits per heavy atom. The Balaban J connectivity index is 1.71. The molecule has 2 fully saturated rings. The Kier molecular flexibility index (Phi) is 4.82. The van der Waals surface area contributed by atoms with Gasteiger partial charge in [-0.25, -0.2) is 12.7 Å². The summed E-state index contributed by atoms with van der Waals surface area (Å²) in [6.07, 6.45) is 7.68. The molecule has 5 heteroatoms. The van der Waals surface area contributed by atoms with E-state index in [0.717, 1.165) is 38.9 Å². The van der Waals surface area contributed by atoms with Crippen molar-refractivity contribution in [3.8, 4) is 0 Å². The molecule has 1 N–H and O–H groups in total. The van der Waals surface area contributed by atoms with E-state index in [2.05, 4.69) is 5.32 Å². The van der Waals surface area contributed by atoms with Crippen LogP contribution < -0.4 is 5.32 Å². The van der Waals surface area contributed by atoms with Crippen LogP contribution in [-0.2, 0) is 10.0 Å². The molecule has 0 aromatic carbocycles. The Labute approximate surface area is 105 Å². The van der Waals surface area contributed by atoms with Crippen molar-refractivity contribution >= 4 is 10.0 Å². The molecule has 100 valence electrons. The van der Waals surface area contributed by atoms with Gasteiger partial charge in [0, 0.05) is 19.1 Å². The summed E-state index contributed by atoms with van der Waals surface area (Å²) in [5, 5.41) is 3.36. The van der Waals surface area contributed by atoms with Crippen molar-refractivity contribution in [2.45, 2.75) is 51.0 Å². The number of hydrogen-bond donors (Lipinski definition) is 1. The molecule has 1 aliphatic heterocycles. The second-order valence-corrected chi connectivity index (χ2v) is 7.30. The van der Waals surface area contributed by atoms with Crippen molar-refractivity contribution in [1.82, 2.24) is 9.62 Å². The summed E-state index contributed by atoms with van der Waals surface area (Å²) in [5.74, 6) is 0.312. The van der Waals surface area contributed by atoms with Gasteiger partial charge in [-0.1, -0.05) is 12.8 Å². The number of nitrogens with one attached hydrogen (secondary N) is 1. The SMILES string of the molecule is O=S(=O)(CCCNC1CC1)N1CCCCCC1. The second kappa shape index (κ2) is 6.16. The number of nitrogens with zero attached hydrogens (tertiary/aromatic N) is 1. The number of rotatable bonds is 6. The monoisotopic (exact) mass is 260 g/mol. The van der Waals surface area contributed by atoms with Crippen LogP contribution in [0.3, 0.4) is 0 Å². The Morgan fingerprint density at radius 1 is 1.06 bits per heavy atom. The van der Waals surface area contributed by atoms with Crippen molar-refractivity contribution in [2.24, 2.45) is 0 Å². The van der Waals surface area contributed by atoms with Crippen molar-refractivity contribution in [2.75, 3.05) is 25.4 Å². The summed E-state index contributed by atoms with van der Waals surface area (Å²) >= 11 is 0. The summed E-state index contributed by atoms with van der Waals surface area (Å²) in [6.45, 7) is 2.31. The van der Waals surface area contributed by atoms with Gasteiger partial charge in [-0.2, -0.15) is 0 Å². The van der Waals surface area contributed by atoms with Crippen LogP contribution in [-0.4, -0.2) is 44.2 Å². The van der Waals surface area contributed by atoms with E-state index in [9.17, 15) is 8.42 Å². The maximum Gasteiger partial charge on any atom is 0.214 e. The predicted molar refractivity (Wildman–Crippen MR) is 69.5 cm³/mol. The first-order valence-electron chi connectivity index (χ1n) is 6.90. The molecule has 2 aliphatic rings. The zero-order valence-electron chi connectivity index (χ0n) is 10.5. The molecule has 0 amide bonds. The summed E-state index contributed by atoms with van der Waals surface area (Å²) in [5.41, 5.74) is 0. The lowest BCUT2D eigenvalue weighted by molar-refractivity contribution is 0.422. The molecule has 0 atom stereocenters. The molecule has 1 heterocycles. The van der Waals surface area contributed by atoms with E-state index >= 15 is 0 Å². The van der Waals surface area contributed by atoms with Crippen LogP contribution >= 0.6 is 0 Å². The standard InChI is InChI=1S/C12H24N2O2S/c15-17(16,11-5-8-13-12-6-7-12)14-9-3-1-2-4-10-14/h12-13H,1-11H2. The minimum atomic E-state index is -2.99. The van der Waals surface area contributed by atoms with Gasteiger partial charge in [0.05, 0.1) is 5.75 Å². The normalized spacial score (nSPS) is 23.5. The first kappa shape index (κ1) is 13.3. The fraction of sp³-hybridized carbons (Fsp3) is 1.00. The Hall–Kier alpha value is -0.130. The maximum atomic E-state index is 12.1.